The van der Waals surface area contributed by atoms with Gasteiger partial charge >= 0.3 is 0 Å². The SMILES string of the molecule is CCCCC[C@@H](N)c1cc(OC)c(O)c(Br)c1Br. The van der Waals surface area contributed by atoms with E-state index in [-0.39, 0.29) is 11.8 Å². The highest BCUT2D eigenvalue weighted by atomic mass is 79.9. The maximum absolute atomic E-state index is 9.86. The lowest BCUT2D eigenvalue weighted by Gasteiger charge is -2.17. The molecule has 0 saturated heterocycles. The van der Waals surface area contributed by atoms with Gasteiger partial charge in [-0.15, -0.1) is 0 Å². The van der Waals surface area contributed by atoms with Gasteiger partial charge in [-0.1, -0.05) is 26.2 Å². The molecule has 0 aliphatic heterocycles. The Morgan fingerprint density at radius 2 is 2.00 bits per heavy atom. The van der Waals surface area contributed by atoms with Crippen LogP contribution in [-0.2, 0) is 0 Å². The molecule has 0 fully saturated rings. The highest BCUT2D eigenvalue weighted by Gasteiger charge is 2.18. The molecule has 1 aromatic carbocycles. The van der Waals surface area contributed by atoms with Crippen molar-refractivity contribution in [1.82, 2.24) is 0 Å². The summed E-state index contributed by atoms with van der Waals surface area (Å²) < 4.78 is 6.52. The molecule has 3 N–H and O–H groups in total. The first-order chi connectivity index (χ1) is 8.52. The number of halogens is 2. The van der Waals surface area contributed by atoms with Crippen LogP contribution in [0.3, 0.4) is 0 Å². The van der Waals surface area contributed by atoms with Crippen LogP contribution >= 0.6 is 31.9 Å². The van der Waals surface area contributed by atoms with E-state index in [1.54, 1.807) is 6.07 Å². The minimum absolute atomic E-state index is 0.0586. The summed E-state index contributed by atoms with van der Waals surface area (Å²) in [6.07, 6.45) is 4.38. The number of rotatable bonds is 6. The van der Waals surface area contributed by atoms with E-state index in [0.717, 1.165) is 22.9 Å². The molecule has 1 atom stereocenters. The summed E-state index contributed by atoms with van der Waals surface area (Å²) in [6, 6.07) is 1.73. The molecular weight excluding hydrogens is 362 g/mol. The zero-order valence-electron chi connectivity index (χ0n) is 10.7. The van der Waals surface area contributed by atoms with Gasteiger partial charge in [0.2, 0.25) is 0 Å². The van der Waals surface area contributed by atoms with Gasteiger partial charge in [0.15, 0.2) is 11.5 Å². The summed E-state index contributed by atoms with van der Waals surface area (Å²) >= 11 is 6.80. The number of phenolic OH excluding ortho intramolecular Hbond substituents is 1. The van der Waals surface area contributed by atoms with Gasteiger partial charge in [-0.05, 0) is 49.9 Å². The van der Waals surface area contributed by atoms with Crippen molar-refractivity contribution in [1.29, 1.82) is 0 Å². The zero-order valence-corrected chi connectivity index (χ0v) is 13.8. The summed E-state index contributed by atoms with van der Waals surface area (Å²) in [5.41, 5.74) is 7.14. The fourth-order valence-corrected chi connectivity index (χ4v) is 2.83. The molecule has 0 unspecified atom stereocenters. The average Bonchev–Trinajstić information content (AvgIpc) is 2.36. The number of phenols is 1. The maximum Gasteiger partial charge on any atom is 0.173 e. The Labute approximate surface area is 125 Å². The van der Waals surface area contributed by atoms with Crippen LogP contribution < -0.4 is 10.5 Å². The summed E-state index contributed by atoms with van der Waals surface area (Å²) in [4.78, 5) is 0. The van der Waals surface area contributed by atoms with Gasteiger partial charge in [-0.2, -0.15) is 0 Å². The fraction of sp³-hybridized carbons (Fsp3) is 0.538. The Bertz CT molecular complexity index is 410. The fourth-order valence-electron chi connectivity index (χ4n) is 1.81. The van der Waals surface area contributed by atoms with Gasteiger partial charge in [-0.25, -0.2) is 0 Å². The molecular formula is C13H19Br2NO2. The van der Waals surface area contributed by atoms with Crippen LogP contribution in [0.25, 0.3) is 0 Å². The third-order valence-electron chi connectivity index (χ3n) is 2.91. The molecule has 3 nitrogen and oxygen atoms in total. The van der Waals surface area contributed by atoms with Crippen LogP contribution in [0.1, 0.15) is 44.2 Å². The van der Waals surface area contributed by atoms with E-state index in [2.05, 4.69) is 38.8 Å². The molecule has 0 aliphatic rings. The minimum Gasteiger partial charge on any atom is -0.503 e. The standard InChI is InChI=1S/C13H19Br2NO2/c1-3-4-5-6-9(16)8-7-10(18-2)13(17)12(15)11(8)14/h7,9,17H,3-6,16H2,1-2H3/t9-/m1/s1. The molecule has 102 valence electrons. The molecule has 0 amide bonds. The molecule has 0 aliphatic carbocycles. The predicted octanol–water partition coefficient (Wildman–Crippen LogP) is 4.51. The number of ether oxygens (including phenoxy) is 1. The summed E-state index contributed by atoms with van der Waals surface area (Å²) in [5.74, 6) is 0.528. The first-order valence-electron chi connectivity index (χ1n) is 6.03. The predicted molar refractivity (Wildman–Crippen MR) is 81.1 cm³/mol. The number of hydrogen-bond acceptors (Lipinski definition) is 3. The van der Waals surface area contributed by atoms with Crippen molar-refractivity contribution in [2.75, 3.05) is 7.11 Å². The zero-order chi connectivity index (χ0) is 13.7. The Morgan fingerprint density at radius 3 is 2.56 bits per heavy atom. The Balaban J connectivity index is 2.97. The van der Waals surface area contributed by atoms with Crippen LogP contribution in [0, 0.1) is 0 Å². The first kappa shape index (κ1) is 15.8. The lowest BCUT2D eigenvalue weighted by atomic mass is 10.0. The first-order valence-corrected chi connectivity index (χ1v) is 7.61. The molecule has 1 aromatic rings. The van der Waals surface area contributed by atoms with Gasteiger partial charge in [-0.3, -0.25) is 0 Å². The van der Waals surface area contributed by atoms with Gasteiger partial charge in [0.25, 0.3) is 0 Å². The second-order valence-electron chi connectivity index (χ2n) is 4.25. The molecule has 0 saturated carbocycles. The molecule has 0 heterocycles. The third kappa shape index (κ3) is 3.62. The molecule has 0 radical (unpaired) electrons. The quantitative estimate of drug-likeness (QED) is 0.714. The van der Waals surface area contributed by atoms with Gasteiger partial charge in [0.05, 0.1) is 11.6 Å². The smallest absolute Gasteiger partial charge is 0.173 e. The topological polar surface area (TPSA) is 55.5 Å². The van der Waals surface area contributed by atoms with E-state index in [0.29, 0.717) is 10.2 Å². The van der Waals surface area contributed by atoms with Crippen LogP contribution in [0.2, 0.25) is 0 Å². The van der Waals surface area contributed by atoms with Crippen molar-refractivity contribution in [3.05, 3.63) is 20.6 Å². The highest BCUT2D eigenvalue weighted by molar-refractivity contribution is 9.13. The van der Waals surface area contributed by atoms with Crippen LogP contribution in [-0.4, -0.2) is 12.2 Å². The van der Waals surface area contributed by atoms with Gasteiger partial charge in [0.1, 0.15) is 0 Å². The Hall–Kier alpha value is -0.260. The normalized spacial score (nSPS) is 12.5. The number of unbranched alkanes of at least 4 members (excludes halogenated alkanes) is 2. The largest absolute Gasteiger partial charge is 0.503 e. The summed E-state index contributed by atoms with van der Waals surface area (Å²) in [5, 5.41) is 9.86. The number of aromatic hydroxyl groups is 1. The number of hydrogen-bond donors (Lipinski definition) is 2. The van der Waals surface area contributed by atoms with E-state index in [1.165, 1.54) is 20.0 Å². The van der Waals surface area contributed by atoms with E-state index in [1.807, 2.05) is 0 Å². The van der Waals surface area contributed by atoms with Crippen molar-refractivity contribution >= 4 is 31.9 Å². The summed E-state index contributed by atoms with van der Waals surface area (Å²) in [7, 11) is 1.53. The van der Waals surface area contributed by atoms with Gasteiger partial charge in [0, 0.05) is 10.5 Å². The highest BCUT2D eigenvalue weighted by Crippen LogP contribution is 2.43. The number of nitrogens with two attached hydrogens (primary N) is 1. The monoisotopic (exact) mass is 379 g/mol. The molecule has 5 heteroatoms. The van der Waals surface area contributed by atoms with Crippen molar-refractivity contribution < 1.29 is 9.84 Å². The van der Waals surface area contributed by atoms with E-state index >= 15 is 0 Å². The molecule has 0 bridgehead atoms. The maximum atomic E-state index is 9.86. The molecule has 0 spiro atoms. The van der Waals surface area contributed by atoms with Crippen LogP contribution in [0.4, 0.5) is 0 Å². The lowest BCUT2D eigenvalue weighted by Crippen LogP contribution is -2.11. The van der Waals surface area contributed by atoms with Crippen molar-refractivity contribution in [3.8, 4) is 11.5 Å². The molecule has 0 aromatic heterocycles. The van der Waals surface area contributed by atoms with Crippen molar-refractivity contribution in [2.45, 2.75) is 38.6 Å². The van der Waals surface area contributed by atoms with Crippen LogP contribution in [0.15, 0.2) is 15.0 Å². The summed E-state index contributed by atoms with van der Waals surface area (Å²) in [6.45, 7) is 2.17. The number of benzene rings is 1. The van der Waals surface area contributed by atoms with Crippen LogP contribution in [0.5, 0.6) is 11.5 Å². The average molecular weight is 381 g/mol. The Morgan fingerprint density at radius 1 is 1.33 bits per heavy atom. The molecule has 1 rings (SSSR count). The third-order valence-corrected chi connectivity index (χ3v) is 5.07. The minimum atomic E-state index is -0.0586. The van der Waals surface area contributed by atoms with E-state index < -0.39 is 0 Å². The lowest BCUT2D eigenvalue weighted by molar-refractivity contribution is 0.370. The van der Waals surface area contributed by atoms with E-state index in [4.69, 9.17) is 10.5 Å². The molecule has 18 heavy (non-hydrogen) atoms. The number of methoxy groups -OCH3 is 1. The second-order valence-corrected chi connectivity index (χ2v) is 5.83. The van der Waals surface area contributed by atoms with Crippen molar-refractivity contribution in [2.24, 2.45) is 5.73 Å². The van der Waals surface area contributed by atoms with E-state index in [9.17, 15) is 5.11 Å². The Kier molecular flexibility index (Phi) is 6.46. The second kappa shape index (κ2) is 7.36. The van der Waals surface area contributed by atoms with Crippen molar-refractivity contribution in [3.63, 3.8) is 0 Å². The van der Waals surface area contributed by atoms with Gasteiger partial charge < -0.3 is 15.6 Å².